The number of piperidine rings is 1. The highest BCUT2D eigenvalue weighted by Gasteiger charge is 2.22. The average Bonchev–Trinajstić information content (AvgIpc) is 2.68. The Bertz CT molecular complexity index is 353. The zero-order valence-electron chi connectivity index (χ0n) is 8.64. The Morgan fingerprint density at radius 1 is 1.60 bits per heavy atom. The maximum Gasteiger partial charge on any atom is 0.374 e. The Morgan fingerprint density at radius 2 is 2.27 bits per heavy atom. The molecular weight excluding hydrogens is 196 g/mol. The van der Waals surface area contributed by atoms with E-state index in [0.29, 0.717) is 5.92 Å². The largest absolute Gasteiger partial charge is 0.475 e. The molecule has 0 bridgehead atoms. The zero-order chi connectivity index (χ0) is 10.8. The minimum atomic E-state index is -1.05. The molecule has 2 heterocycles. The summed E-state index contributed by atoms with van der Waals surface area (Å²) < 4.78 is 4.74. The highest BCUT2D eigenvalue weighted by atomic mass is 16.5. The van der Waals surface area contributed by atoms with Crippen LogP contribution < -0.4 is 0 Å². The summed E-state index contributed by atoms with van der Waals surface area (Å²) >= 11 is 0. The lowest BCUT2D eigenvalue weighted by atomic mass is 9.94. The second-order valence-corrected chi connectivity index (χ2v) is 4.00. The van der Waals surface area contributed by atoms with Crippen LogP contribution >= 0.6 is 0 Å². The van der Waals surface area contributed by atoms with Crippen LogP contribution in [-0.2, 0) is 0 Å². The summed E-state index contributed by atoms with van der Waals surface area (Å²) in [6, 6.07) is 1.54. The van der Waals surface area contributed by atoms with Gasteiger partial charge in [-0.05, 0) is 33.0 Å². The topological polar surface area (TPSA) is 66.6 Å². The van der Waals surface area contributed by atoms with E-state index in [1.807, 2.05) is 0 Å². The van der Waals surface area contributed by atoms with Crippen molar-refractivity contribution in [3.63, 3.8) is 0 Å². The first-order valence-corrected chi connectivity index (χ1v) is 5.05. The van der Waals surface area contributed by atoms with Gasteiger partial charge in [-0.15, -0.1) is 0 Å². The maximum atomic E-state index is 10.6. The second-order valence-electron chi connectivity index (χ2n) is 4.00. The number of carboxylic acid groups (broad SMARTS) is 1. The Balaban J connectivity index is 2.06. The van der Waals surface area contributed by atoms with Crippen LogP contribution in [0.15, 0.2) is 10.6 Å². The maximum absolute atomic E-state index is 10.6. The summed E-state index contributed by atoms with van der Waals surface area (Å²) in [6.07, 6.45) is 2.03. The van der Waals surface area contributed by atoms with Crippen molar-refractivity contribution in [2.75, 3.05) is 20.1 Å². The number of hydrogen-bond donors (Lipinski definition) is 1. The third-order valence-corrected chi connectivity index (χ3v) is 2.88. The van der Waals surface area contributed by atoms with Crippen LogP contribution in [0.25, 0.3) is 0 Å². The normalized spacial score (nSPS) is 19.3. The number of aromatic nitrogens is 1. The van der Waals surface area contributed by atoms with E-state index in [0.717, 1.165) is 31.6 Å². The van der Waals surface area contributed by atoms with E-state index >= 15 is 0 Å². The Hall–Kier alpha value is -1.36. The van der Waals surface area contributed by atoms with Crippen LogP contribution in [0.3, 0.4) is 0 Å². The number of carboxylic acids is 1. The lowest BCUT2D eigenvalue weighted by Crippen LogP contribution is -2.29. The highest BCUT2D eigenvalue weighted by molar-refractivity contribution is 5.84. The molecule has 1 saturated heterocycles. The number of hydrogen-bond acceptors (Lipinski definition) is 4. The van der Waals surface area contributed by atoms with Crippen LogP contribution in [0.4, 0.5) is 0 Å². The van der Waals surface area contributed by atoms with Gasteiger partial charge in [0.2, 0.25) is 5.76 Å². The summed E-state index contributed by atoms with van der Waals surface area (Å²) in [5.41, 5.74) is 0.778. The lowest BCUT2D eigenvalue weighted by molar-refractivity contribution is 0.0652. The third-order valence-electron chi connectivity index (χ3n) is 2.88. The molecule has 1 aromatic rings. The van der Waals surface area contributed by atoms with Gasteiger partial charge in [-0.3, -0.25) is 0 Å². The number of aromatic carboxylic acids is 1. The SMILES string of the molecule is CN1CCC(c2cc(C(=O)O)on2)CC1. The standard InChI is InChI=1S/C10H14N2O3/c1-12-4-2-7(3-5-12)8-6-9(10(13)14)15-11-8/h6-7H,2-5H2,1H3,(H,13,14). The van der Waals surface area contributed by atoms with Crippen molar-refractivity contribution in [2.24, 2.45) is 0 Å². The molecule has 1 aliphatic heterocycles. The van der Waals surface area contributed by atoms with E-state index in [1.54, 1.807) is 6.07 Å². The molecule has 5 heteroatoms. The molecule has 0 atom stereocenters. The van der Waals surface area contributed by atoms with Gasteiger partial charge in [0.1, 0.15) is 0 Å². The van der Waals surface area contributed by atoms with Crippen molar-refractivity contribution in [1.29, 1.82) is 0 Å². The van der Waals surface area contributed by atoms with E-state index in [2.05, 4.69) is 17.1 Å². The number of rotatable bonds is 2. The molecule has 1 fully saturated rings. The van der Waals surface area contributed by atoms with E-state index < -0.39 is 5.97 Å². The van der Waals surface area contributed by atoms with Crippen molar-refractivity contribution in [2.45, 2.75) is 18.8 Å². The number of likely N-dealkylation sites (tertiary alicyclic amines) is 1. The van der Waals surface area contributed by atoms with Gasteiger partial charge in [0.25, 0.3) is 0 Å². The molecule has 0 amide bonds. The quantitative estimate of drug-likeness (QED) is 0.794. The Kier molecular flexibility index (Phi) is 2.73. The Labute approximate surface area is 87.7 Å². The van der Waals surface area contributed by atoms with Gasteiger partial charge in [-0.2, -0.15) is 0 Å². The predicted octanol–water partition coefficient (Wildman–Crippen LogP) is 1.18. The molecule has 0 aliphatic carbocycles. The molecule has 1 aromatic heterocycles. The van der Waals surface area contributed by atoms with Gasteiger partial charge < -0.3 is 14.5 Å². The summed E-state index contributed by atoms with van der Waals surface area (Å²) in [5, 5.41) is 12.5. The zero-order valence-corrected chi connectivity index (χ0v) is 8.64. The van der Waals surface area contributed by atoms with Gasteiger partial charge in [-0.25, -0.2) is 4.79 Å². The fraction of sp³-hybridized carbons (Fsp3) is 0.600. The first-order chi connectivity index (χ1) is 7.16. The molecule has 2 rings (SSSR count). The molecule has 1 N–H and O–H groups in total. The molecule has 1 aliphatic rings. The number of nitrogens with zero attached hydrogens (tertiary/aromatic N) is 2. The van der Waals surface area contributed by atoms with Crippen LogP contribution in [-0.4, -0.2) is 41.3 Å². The summed E-state index contributed by atoms with van der Waals surface area (Å²) in [7, 11) is 2.09. The molecule has 0 unspecified atom stereocenters. The van der Waals surface area contributed by atoms with Crippen molar-refractivity contribution >= 4 is 5.97 Å². The van der Waals surface area contributed by atoms with Crippen LogP contribution in [0.1, 0.15) is 35.0 Å². The lowest BCUT2D eigenvalue weighted by Gasteiger charge is -2.27. The van der Waals surface area contributed by atoms with Crippen LogP contribution in [0.2, 0.25) is 0 Å². The Morgan fingerprint density at radius 3 is 2.80 bits per heavy atom. The van der Waals surface area contributed by atoms with E-state index in [4.69, 9.17) is 9.63 Å². The average molecular weight is 210 g/mol. The second kappa shape index (κ2) is 4.02. The minimum Gasteiger partial charge on any atom is -0.475 e. The van der Waals surface area contributed by atoms with Crippen molar-refractivity contribution < 1.29 is 14.4 Å². The fourth-order valence-electron chi connectivity index (χ4n) is 1.89. The molecular formula is C10H14N2O3. The van der Waals surface area contributed by atoms with Gasteiger partial charge in [0.05, 0.1) is 5.69 Å². The summed E-state index contributed by atoms with van der Waals surface area (Å²) in [5.74, 6) is -0.774. The number of carbonyl (C=O) groups is 1. The summed E-state index contributed by atoms with van der Waals surface area (Å²) in [4.78, 5) is 12.9. The van der Waals surface area contributed by atoms with E-state index in [1.165, 1.54) is 0 Å². The molecule has 0 spiro atoms. The highest BCUT2D eigenvalue weighted by Crippen LogP contribution is 2.26. The van der Waals surface area contributed by atoms with Gasteiger partial charge in [0, 0.05) is 12.0 Å². The molecule has 82 valence electrons. The van der Waals surface area contributed by atoms with Crippen molar-refractivity contribution in [3.05, 3.63) is 17.5 Å². The van der Waals surface area contributed by atoms with Crippen molar-refractivity contribution in [3.8, 4) is 0 Å². The monoisotopic (exact) mass is 210 g/mol. The van der Waals surface area contributed by atoms with E-state index in [9.17, 15) is 4.79 Å². The molecule has 5 nitrogen and oxygen atoms in total. The summed E-state index contributed by atoms with van der Waals surface area (Å²) in [6.45, 7) is 2.06. The molecule has 0 saturated carbocycles. The molecule has 15 heavy (non-hydrogen) atoms. The first kappa shape index (κ1) is 10.2. The van der Waals surface area contributed by atoms with Crippen molar-refractivity contribution in [1.82, 2.24) is 10.1 Å². The first-order valence-electron chi connectivity index (χ1n) is 5.05. The van der Waals surface area contributed by atoms with Crippen LogP contribution in [0, 0.1) is 0 Å². The van der Waals surface area contributed by atoms with Gasteiger partial charge in [0.15, 0.2) is 0 Å². The van der Waals surface area contributed by atoms with Crippen LogP contribution in [0.5, 0.6) is 0 Å². The molecule has 0 radical (unpaired) electrons. The smallest absolute Gasteiger partial charge is 0.374 e. The van der Waals surface area contributed by atoms with Gasteiger partial charge in [-0.1, -0.05) is 5.16 Å². The predicted molar refractivity (Wildman–Crippen MR) is 52.9 cm³/mol. The molecule has 0 aromatic carbocycles. The minimum absolute atomic E-state index is 0.0658. The third kappa shape index (κ3) is 2.18. The van der Waals surface area contributed by atoms with E-state index in [-0.39, 0.29) is 5.76 Å². The fourth-order valence-corrected chi connectivity index (χ4v) is 1.89. The van der Waals surface area contributed by atoms with Gasteiger partial charge >= 0.3 is 5.97 Å².